The standard InChI is InChI=1S/C10H13N5/c1-15(2)14-10-9(11)12-7-5-3-4-6-8(7)13-10/h3-6H,1-2H3,(H2,11,12)(H,13,14). The van der Waals surface area contributed by atoms with E-state index >= 15 is 0 Å². The van der Waals surface area contributed by atoms with Gasteiger partial charge in [0.25, 0.3) is 0 Å². The van der Waals surface area contributed by atoms with Crippen molar-refractivity contribution in [2.45, 2.75) is 0 Å². The molecule has 0 saturated heterocycles. The summed E-state index contributed by atoms with van der Waals surface area (Å²) >= 11 is 0. The highest BCUT2D eigenvalue weighted by atomic mass is 15.5. The quantitative estimate of drug-likeness (QED) is 0.715. The molecule has 0 spiro atoms. The first-order chi connectivity index (χ1) is 7.16. The van der Waals surface area contributed by atoms with Crippen molar-refractivity contribution in [1.82, 2.24) is 15.0 Å². The lowest BCUT2D eigenvalue weighted by Crippen LogP contribution is -2.21. The van der Waals surface area contributed by atoms with E-state index in [4.69, 9.17) is 5.73 Å². The first-order valence-corrected chi connectivity index (χ1v) is 4.63. The summed E-state index contributed by atoms with van der Waals surface area (Å²) in [5.74, 6) is 0.987. The third-order valence-corrected chi connectivity index (χ3v) is 1.93. The van der Waals surface area contributed by atoms with Crippen molar-refractivity contribution in [2.75, 3.05) is 25.3 Å². The molecule has 1 heterocycles. The van der Waals surface area contributed by atoms with Crippen LogP contribution in [0.15, 0.2) is 24.3 Å². The summed E-state index contributed by atoms with van der Waals surface area (Å²) in [6.07, 6.45) is 0. The number of nitrogens with zero attached hydrogens (tertiary/aromatic N) is 3. The largest absolute Gasteiger partial charge is 0.381 e. The molecule has 15 heavy (non-hydrogen) atoms. The van der Waals surface area contributed by atoms with E-state index in [0.29, 0.717) is 11.6 Å². The van der Waals surface area contributed by atoms with Gasteiger partial charge in [-0.25, -0.2) is 15.0 Å². The maximum atomic E-state index is 5.77. The molecule has 0 aliphatic heterocycles. The molecule has 0 saturated carbocycles. The summed E-state index contributed by atoms with van der Waals surface area (Å²) in [4.78, 5) is 8.63. The van der Waals surface area contributed by atoms with Crippen molar-refractivity contribution in [3.05, 3.63) is 24.3 Å². The van der Waals surface area contributed by atoms with E-state index in [1.807, 2.05) is 38.4 Å². The summed E-state index contributed by atoms with van der Waals surface area (Å²) in [7, 11) is 3.74. The molecule has 78 valence electrons. The van der Waals surface area contributed by atoms with Crippen LogP contribution in [0, 0.1) is 0 Å². The Balaban J connectivity index is 2.52. The van der Waals surface area contributed by atoms with Gasteiger partial charge in [-0.3, -0.25) is 0 Å². The van der Waals surface area contributed by atoms with Crippen molar-refractivity contribution in [3.63, 3.8) is 0 Å². The van der Waals surface area contributed by atoms with Crippen molar-refractivity contribution in [2.24, 2.45) is 0 Å². The second-order valence-electron chi connectivity index (χ2n) is 3.45. The third kappa shape index (κ3) is 1.97. The lowest BCUT2D eigenvalue weighted by Gasteiger charge is -2.14. The Morgan fingerprint density at radius 2 is 1.73 bits per heavy atom. The van der Waals surface area contributed by atoms with Crippen LogP contribution in [0.3, 0.4) is 0 Å². The predicted octanol–water partition coefficient (Wildman–Crippen LogP) is 1.10. The summed E-state index contributed by atoms with van der Waals surface area (Å²) in [5.41, 5.74) is 10.4. The van der Waals surface area contributed by atoms with Crippen molar-refractivity contribution >= 4 is 22.7 Å². The number of hydrogen-bond acceptors (Lipinski definition) is 5. The fraction of sp³-hybridized carbons (Fsp3) is 0.200. The molecule has 2 aromatic rings. The van der Waals surface area contributed by atoms with E-state index in [2.05, 4.69) is 15.4 Å². The van der Waals surface area contributed by atoms with Crippen molar-refractivity contribution in [3.8, 4) is 0 Å². The minimum Gasteiger partial charge on any atom is -0.381 e. The molecule has 5 heteroatoms. The fourth-order valence-corrected chi connectivity index (χ4v) is 1.31. The van der Waals surface area contributed by atoms with Crippen molar-refractivity contribution < 1.29 is 0 Å². The highest BCUT2D eigenvalue weighted by Crippen LogP contribution is 2.17. The zero-order valence-electron chi connectivity index (χ0n) is 8.73. The summed E-state index contributed by atoms with van der Waals surface area (Å²) < 4.78 is 0. The van der Waals surface area contributed by atoms with Gasteiger partial charge in [0.15, 0.2) is 11.6 Å². The summed E-state index contributed by atoms with van der Waals surface area (Å²) in [5, 5.41) is 1.77. The van der Waals surface area contributed by atoms with E-state index in [1.54, 1.807) is 5.01 Å². The Morgan fingerprint density at radius 3 is 2.33 bits per heavy atom. The van der Waals surface area contributed by atoms with Crippen LogP contribution in [-0.2, 0) is 0 Å². The number of aromatic nitrogens is 2. The highest BCUT2D eigenvalue weighted by molar-refractivity contribution is 5.79. The molecular weight excluding hydrogens is 190 g/mol. The number of nitrogen functional groups attached to an aromatic ring is 1. The second kappa shape index (κ2) is 3.70. The monoisotopic (exact) mass is 203 g/mol. The maximum absolute atomic E-state index is 5.77. The number of fused-ring (bicyclic) bond motifs is 1. The van der Waals surface area contributed by atoms with Gasteiger partial charge in [0.1, 0.15) is 0 Å². The smallest absolute Gasteiger partial charge is 0.184 e. The van der Waals surface area contributed by atoms with Crippen LogP contribution in [0.25, 0.3) is 11.0 Å². The van der Waals surface area contributed by atoms with Gasteiger partial charge in [-0.1, -0.05) is 12.1 Å². The molecule has 3 N–H and O–H groups in total. The Bertz CT molecular complexity index is 480. The van der Waals surface area contributed by atoms with Gasteiger partial charge in [0.2, 0.25) is 0 Å². The normalized spacial score (nSPS) is 10.9. The molecule has 0 bridgehead atoms. The van der Waals surface area contributed by atoms with Gasteiger partial charge in [-0.2, -0.15) is 0 Å². The van der Waals surface area contributed by atoms with E-state index in [1.165, 1.54) is 0 Å². The molecule has 1 aromatic carbocycles. The summed E-state index contributed by atoms with van der Waals surface area (Å²) in [6.45, 7) is 0. The molecule has 1 aromatic heterocycles. The van der Waals surface area contributed by atoms with Gasteiger partial charge in [0.05, 0.1) is 11.0 Å². The number of benzene rings is 1. The summed E-state index contributed by atoms with van der Waals surface area (Å²) in [6, 6.07) is 7.63. The van der Waals surface area contributed by atoms with Crippen LogP contribution in [0.2, 0.25) is 0 Å². The van der Waals surface area contributed by atoms with Crippen LogP contribution in [0.1, 0.15) is 0 Å². The molecule has 0 fully saturated rings. The van der Waals surface area contributed by atoms with Gasteiger partial charge >= 0.3 is 0 Å². The van der Waals surface area contributed by atoms with Gasteiger partial charge in [-0.15, -0.1) is 0 Å². The van der Waals surface area contributed by atoms with Crippen LogP contribution < -0.4 is 11.2 Å². The number of nitrogens with one attached hydrogen (secondary N) is 1. The minimum atomic E-state index is 0.405. The van der Waals surface area contributed by atoms with Crippen molar-refractivity contribution in [1.29, 1.82) is 0 Å². The molecule has 0 atom stereocenters. The zero-order valence-corrected chi connectivity index (χ0v) is 8.73. The average Bonchev–Trinajstić information content (AvgIpc) is 2.18. The number of para-hydroxylation sites is 2. The minimum absolute atomic E-state index is 0.405. The van der Waals surface area contributed by atoms with Gasteiger partial charge in [-0.05, 0) is 12.1 Å². The SMILES string of the molecule is CN(C)Nc1nc2ccccc2nc1N. The molecule has 0 amide bonds. The van der Waals surface area contributed by atoms with E-state index in [0.717, 1.165) is 11.0 Å². The molecule has 0 radical (unpaired) electrons. The zero-order chi connectivity index (χ0) is 10.8. The van der Waals surface area contributed by atoms with E-state index in [9.17, 15) is 0 Å². The fourth-order valence-electron chi connectivity index (χ4n) is 1.31. The molecule has 0 aliphatic carbocycles. The van der Waals surface area contributed by atoms with Crippen LogP contribution in [0.5, 0.6) is 0 Å². The Kier molecular flexibility index (Phi) is 2.39. The van der Waals surface area contributed by atoms with E-state index in [-0.39, 0.29) is 0 Å². The second-order valence-corrected chi connectivity index (χ2v) is 3.45. The lowest BCUT2D eigenvalue weighted by molar-refractivity contribution is 0.493. The average molecular weight is 203 g/mol. The number of nitrogens with two attached hydrogens (primary N) is 1. The van der Waals surface area contributed by atoms with Crippen LogP contribution >= 0.6 is 0 Å². The van der Waals surface area contributed by atoms with Gasteiger partial charge < -0.3 is 11.2 Å². The first kappa shape index (κ1) is 9.67. The molecule has 0 unspecified atom stereocenters. The number of hydrazine groups is 1. The number of anilines is 2. The molecular formula is C10H13N5. The Morgan fingerprint density at radius 1 is 1.13 bits per heavy atom. The molecule has 2 rings (SSSR count). The first-order valence-electron chi connectivity index (χ1n) is 4.63. The third-order valence-electron chi connectivity index (χ3n) is 1.93. The van der Waals surface area contributed by atoms with Gasteiger partial charge in [0, 0.05) is 14.1 Å². The van der Waals surface area contributed by atoms with Crippen LogP contribution in [0.4, 0.5) is 11.6 Å². The van der Waals surface area contributed by atoms with E-state index < -0.39 is 0 Å². The maximum Gasteiger partial charge on any atom is 0.184 e. The predicted molar refractivity (Wildman–Crippen MR) is 61.3 cm³/mol. The number of rotatable bonds is 2. The molecule has 0 aliphatic rings. The lowest BCUT2D eigenvalue weighted by atomic mass is 10.3. The Hall–Kier alpha value is -1.88. The number of hydrogen-bond donors (Lipinski definition) is 2. The Labute approximate surface area is 87.9 Å². The molecule has 5 nitrogen and oxygen atoms in total. The topological polar surface area (TPSA) is 67.1 Å². The highest BCUT2D eigenvalue weighted by Gasteiger charge is 2.05. The van der Waals surface area contributed by atoms with Crippen LogP contribution in [-0.4, -0.2) is 29.1 Å².